The summed E-state index contributed by atoms with van der Waals surface area (Å²) in [7, 11) is 0. The second-order valence-electron chi connectivity index (χ2n) is 6.89. The van der Waals surface area contributed by atoms with Gasteiger partial charge in [0.05, 0.1) is 5.41 Å². The monoisotopic (exact) mass is 349 g/mol. The first-order valence-corrected chi connectivity index (χ1v) is 9.22. The Morgan fingerprint density at radius 1 is 0.815 bits per heavy atom. The van der Waals surface area contributed by atoms with E-state index in [1.165, 1.54) is 33.4 Å². The van der Waals surface area contributed by atoms with E-state index in [2.05, 4.69) is 86.3 Å². The molecule has 3 aromatic carbocycles. The first-order chi connectivity index (χ1) is 13.2. The molecule has 1 aliphatic rings. The number of benzene rings is 3. The van der Waals surface area contributed by atoms with Crippen LogP contribution in [0.15, 0.2) is 109 Å². The van der Waals surface area contributed by atoms with E-state index >= 15 is 0 Å². The van der Waals surface area contributed by atoms with E-state index in [-0.39, 0.29) is 0 Å². The molecule has 1 nitrogen and oxygen atoms in total. The summed E-state index contributed by atoms with van der Waals surface area (Å²) >= 11 is 0. The molecule has 0 saturated carbocycles. The van der Waals surface area contributed by atoms with Gasteiger partial charge in [-0.1, -0.05) is 97.6 Å². The molecule has 0 radical (unpaired) electrons. The predicted octanol–water partition coefficient (Wildman–Crippen LogP) is 6.13. The molecule has 132 valence electrons. The standard InChI is InChI=1S/C26H23N/c1-3-4-16-22-19(2)26(20-12-7-5-8-13-20,21-14-9-6-10-15-21)25-23(22)17-11-18-24(25)27/h3-18H,1,27H2,2H3/b16-4-. The minimum Gasteiger partial charge on any atom is -0.398 e. The summed E-state index contributed by atoms with van der Waals surface area (Å²) in [5.41, 5.74) is 14.3. The lowest BCUT2D eigenvalue weighted by Gasteiger charge is -2.35. The number of rotatable bonds is 4. The van der Waals surface area contributed by atoms with Crippen LogP contribution in [0.1, 0.15) is 29.2 Å². The molecule has 0 atom stereocenters. The molecular formula is C26H23N. The summed E-state index contributed by atoms with van der Waals surface area (Å²) in [4.78, 5) is 0. The fraction of sp³-hybridized carbons (Fsp3) is 0.0769. The zero-order valence-corrected chi connectivity index (χ0v) is 15.5. The highest BCUT2D eigenvalue weighted by Gasteiger charge is 2.46. The Bertz CT molecular complexity index is 1000. The zero-order chi connectivity index (χ0) is 18.9. The quantitative estimate of drug-likeness (QED) is 0.445. The highest BCUT2D eigenvalue weighted by atomic mass is 14.6. The largest absolute Gasteiger partial charge is 0.398 e. The number of nitrogen functional groups attached to an aromatic ring is 1. The summed E-state index contributed by atoms with van der Waals surface area (Å²) in [5, 5.41) is 0. The lowest BCUT2D eigenvalue weighted by molar-refractivity contribution is 0.746. The van der Waals surface area contributed by atoms with Crippen LogP contribution in [-0.4, -0.2) is 0 Å². The smallest absolute Gasteiger partial charge is 0.0694 e. The molecule has 27 heavy (non-hydrogen) atoms. The van der Waals surface area contributed by atoms with E-state index in [9.17, 15) is 0 Å². The summed E-state index contributed by atoms with van der Waals surface area (Å²) < 4.78 is 0. The Hall–Kier alpha value is -3.32. The van der Waals surface area contributed by atoms with E-state index in [0.29, 0.717) is 0 Å². The molecule has 1 heteroatoms. The molecule has 0 amide bonds. The third-order valence-electron chi connectivity index (χ3n) is 5.54. The van der Waals surface area contributed by atoms with E-state index in [4.69, 9.17) is 5.73 Å². The van der Waals surface area contributed by atoms with Gasteiger partial charge in [0, 0.05) is 11.3 Å². The molecule has 0 spiro atoms. The summed E-state index contributed by atoms with van der Waals surface area (Å²) in [5.74, 6) is 0. The molecule has 0 bridgehead atoms. The van der Waals surface area contributed by atoms with Gasteiger partial charge in [-0.2, -0.15) is 0 Å². The Labute approximate surface area is 161 Å². The maximum absolute atomic E-state index is 6.60. The number of anilines is 1. The third kappa shape index (κ3) is 2.47. The number of hydrogen-bond acceptors (Lipinski definition) is 1. The lowest BCUT2D eigenvalue weighted by Crippen LogP contribution is -2.29. The maximum atomic E-state index is 6.60. The molecule has 0 saturated heterocycles. The van der Waals surface area contributed by atoms with Gasteiger partial charge in [-0.25, -0.2) is 0 Å². The first kappa shape index (κ1) is 17.1. The van der Waals surface area contributed by atoms with Gasteiger partial charge in [-0.3, -0.25) is 0 Å². The molecule has 0 aliphatic heterocycles. The van der Waals surface area contributed by atoms with Gasteiger partial charge < -0.3 is 5.73 Å². The number of nitrogens with two attached hydrogens (primary N) is 1. The third-order valence-corrected chi connectivity index (χ3v) is 5.54. The van der Waals surface area contributed by atoms with Crippen LogP contribution in [0.25, 0.3) is 5.57 Å². The van der Waals surface area contributed by atoms with Crippen LogP contribution >= 0.6 is 0 Å². The van der Waals surface area contributed by atoms with E-state index in [1.54, 1.807) is 0 Å². The molecule has 3 aromatic rings. The molecule has 0 unspecified atom stereocenters. The van der Waals surface area contributed by atoms with Gasteiger partial charge in [0.1, 0.15) is 0 Å². The van der Waals surface area contributed by atoms with Crippen LogP contribution in [0, 0.1) is 0 Å². The summed E-state index contributed by atoms with van der Waals surface area (Å²) in [6, 6.07) is 27.5. The van der Waals surface area contributed by atoms with Crippen molar-refractivity contribution in [1.82, 2.24) is 0 Å². The van der Waals surface area contributed by atoms with Gasteiger partial charge >= 0.3 is 0 Å². The maximum Gasteiger partial charge on any atom is 0.0694 e. The van der Waals surface area contributed by atoms with Crippen molar-refractivity contribution in [3.63, 3.8) is 0 Å². The first-order valence-electron chi connectivity index (χ1n) is 9.22. The van der Waals surface area contributed by atoms with Gasteiger partial charge in [0.2, 0.25) is 0 Å². The fourth-order valence-corrected chi connectivity index (χ4v) is 4.45. The molecular weight excluding hydrogens is 326 g/mol. The molecule has 1 aliphatic carbocycles. The summed E-state index contributed by atoms with van der Waals surface area (Å²) in [6.07, 6.45) is 5.96. The van der Waals surface area contributed by atoms with Crippen molar-refractivity contribution in [2.75, 3.05) is 5.73 Å². The summed E-state index contributed by atoms with van der Waals surface area (Å²) in [6.45, 7) is 6.06. The zero-order valence-electron chi connectivity index (χ0n) is 15.5. The minimum atomic E-state index is -0.399. The average Bonchev–Trinajstić information content (AvgIpc) is 2.97. The molecule has 0 aromatic heterocycles. The van der Waals surface area contributed by atoms with Crippen molar-refractivity contribution < 1.29 is 0 Å². The van der Waals surface area contributed by atoms with Crippen molar-refractivity contribution in [3.8, 4) is 0 Å². The van der Waals surface area contributed by atoms with E-state index in [1.807, 2.05) is 24.3 Å². The van der Waals surface area contributed by atoms with Crippen molar-refractivity contribution in [2.24, 2.45) is 0 Å². The van der Waals surface area contributed by atoms with Crippen LogP contribution in [0.3, 0.4) is 0 Å². The Morgan fingerprint density at radius 3 is 1.96 bits per heavy atom. The molecule has 0 heterocycles. The van der Waals surface area contributed by atoms with Crippen molar-refractivity contribution in [1.29, 1.82) is 0 Å². The number of allylic oxidation sites excluding steroid dienone is 5. The SMILES string of the molecule is C=C/C=C\C1=C(C)C(c2ccccc2)(c2ccccc2)c2c(N)cccc21. The van der Waals surface area contributed by atoms with Crippen molar-refractivity contribution >= 4 is 11.3 Å². The van der Waals surface area contributed by atoms with Crippen molar-refractivity contribution in [2.45, 2.75) is 12.3 Å². The number of hydrogen-bond donors (Lipinski definition) is 1. The van der Waals surface area contributed by atoms with E-state index in [0.717, 1.165) is 5.69 Å². The predicted molar refractivity (Wildman–Crippen MR) is 116 cm³/mol. The van der Waals surface area contributed by atoms with Gasteiger partial charge in [-0.15, -0.1) is 0 Å². The average molecular weight is 349 g/mol. The Morgan fingerprint density at radius 2 is 1.41 bits per heavy atom. The number of fused-ring (bicyclic) bond motifs is 1. The van der Waals surface area contributed by atoms with Crippen LogP contribution in [-0.2, 0) is 5.41 Å². The topological polar surface area (TPSA) is 26.0 Å². The molecule has 4 rings (SSSR count). The lowest BCUT2D eigenvalue weighted by atomic mass is 9.67. The molecule has 2 N–H and O–H groups in total. The van der Waals surface area contributed by atoms with Crippen LogP contribution < -0.4 is 5.73 Å². The normalized spacial score (nSPS) is 15.1. The molecule has 0 fully saturated rings. The van der Waals surface area contributed by atoms with Crippen LogP contribution in [0.5, 0.6) is 0 Å². The highest BCUT2D eigenvalue weighted by molar-refractivity contribution is 5.92. The van der Waals surface area contributed by atoms with Crippen LogP contribution in [0.2, 0.25) is 0 Å². The second kappa shape index (κ2) is 6.77. The van der Waals surface area contributed by atoms with Gasteiger partial charge in [-0.05, 0) is 40.8 Å². The van der Waals surface area contributed by atoms with Gasteiger partial charge in [0.15, 0.2) is 0 Å². The van der Waals surface area contributed by atoms with Crippen molar-refractivity contribution in [3.05, 3.63) is 131 Å². The van der Waals surface area contributed by atoms with E-state index < -0.39 is 5.41 Å². The fourth-order valence-electron chi connectivity index (χ4n) is 4.45. The van der Waals surface area contributed by atoms with Crippen LogP contribution in [0.4, 0.5) is 5.69 Å². The van der Waals surface area contributed by atoms with Gasteiger partial charge in [0.25, 0.3) is 0 Å². The Balaban J connectivity index is 2.18. The Kier molecular flexibility index (Phi) is 4.29. The second-order valence-corrected chi connectivity index (χ2v) is 6.89. The minimum absolute atomic E-state index is 0.399. The highest BCUT2D eigenvalue weighted by Crippen LogP contribution is 2.56.